The van der Waals surface area contributed by atoms with Gasteiger partial charge in [-0.1, -0.05) is 39.3 Å². The van der Waals surface area contributed by atoms with E-state index in [1.165, 1.54) is 10.6 Å². The number of pyridine rings is 2. The summed E-state index contributed by atoms with van der Waals surface area (Å²) in [5.74, 6) is -2.90. The van der Waals surface area contributed by atoms with Crippen molar-refractivity contribution in [1.29, 1.82) is 0 Å². The van der Waals surface area contributed by atoms with Crippen LogP contribution in [0.4, 0.5) is 8.78 Å². The third kappa shape index (κ3) is 4.50. The van der Waals surface area contributed by atoms with Crippen molar-refractivity contribution in [2.45, 2.75) is 78.7 Å². The predicted molar refractivity (Wildman–Crippen MR) is 152 cm³/mol. The van der Waals surface area contributed by atoms with E-state index in [0.717, 1.165) is 18.9 Å². The first-order valence-electron chi connectivity index (χ1n) is 14.2. The number of halogens is 3. The second kappa shape index (κ2) is 9.84. The molecule has 0 bridgehead atoms. The molecule has 1 amide bonds. The van der Waals surface area contributed by atoms with E-state index in [9.17, 15) is 23.9 Å². The van der Waals surface area contributed by atoms with Crippen molar-refractivity contribution in [1.82, 2.24) is 14.9 Å². The largest absolute Gasteiger partial charge is 0.458 e. The van der Waals surface area contributed by atoms with E-state index in [4.69, 9.17) is 16.3 Å². The molecule has 0 saturated heterocycles. The molecule has 0 spiro atoms. The van der Waals surface area contributed by atoms with Gasteiger partial charge in [-0.2, -0.15) is 0 Å². The summed E-state index contributed by atoms with van der Waals surface area (Å²) in [6, 6.07) is 2.56. The summed E-state index contributed by atoms with van der Waals surface area (Å²) >= 11 is 5.98. The highest BCUT2D eigenvalue weighted by atomic mass is 35.5. The minimum absolute atomic E-state index is 0.00803. The highest BCUT2D eigenvalue weighted by Gasteiger charge is 2.46. The topological polar surface area (TPSA) is 111 Å². The van der Waals surface area contributed by atoms with Gasteiger partial charge in [-0.25, -0.2) is 18.6 Å². The molecule has 0 radical (unpaired) electrons. The Morgan fingerprint density at radius 1 is 1.26 bits per heavy atom. The predicted octanol–water partition coefficient (Wildman–Crippen LogP) is 5.09. The lowest BCUT2D eigenvalue weighted by molar-refractivity contribution is -0.172. The second-order valence-electron chi connectivity index (χ2n) is 12.8. The minimum atomic E-state index is -2.02. The molecule has 42 heavy (non-hydrogen) atoms. The molecule has 1 saturated carbocycles. The summed E-state index contributed by atoms with van der Waals surface area (Å²) < 4.78 is 36.8. The van der Waals surface area contributed by atoms with E-state index in [0.29, 0.717) is 29.2 Å². The first-order valence-corrected chi connectivity index (χ1v) is 14.6. The van der Waals surface area contributed by atoms with Crippen molar-refractivity contribution >= 4 is 34.4 Å². The van der Waals surface area contributed by atoms with E-state index in [2.05, 4.69) is 31.1 Å². The molecule has 1 aliphatic carbocycles. The quantitative estimate of drug-likeness (QED) is 0.236. The first kappa shape index (κ1) is 28.7. The number of cyclic esters (lactones) is 1. The molecule has 1 aromatic carbocycles. The SMILES string of the molecule is CC[C@@]1(O)C(=O)OCc2c1cc1n(c2=O)Cc2c-1nc1cc(F)c(Cl)c(F)c1c2CNC(=O)[C@@H](CC(C)(C)C)C1CC1. The molecule has 8 nitrogen and oxygen atoms in total. The molecule has 11 heteroatoms. The molecule has 3 aromatic rings. The number of nitrogens with one attached hydrogen (secondary N) is 1. The van der Waals surface area contributed by atoms with Crippen LogP contribution in [-0.4, -0.2) is 26.5 Å². The van der Waals surface area contributed by atoms with Crippen LogP contribution in [0.2, 0.25) is 5.02 Å². The Labute approximate surface area is 246 Å². The monoisotopic (exact) mass is 599 g/mol. The number of aliphatic hydroxyl groups is 1. The number of carbonyl (C=O) groups excluding carboxylic acids is 2. The molecule has 3 aliphatic rings. The molecule has 2 aromatic heterocycles. The van der Waals surface area contributed by atoms with E-state index >= 15 is 4.39 Å². The molecular weight excluding hydrogens is 568 g/mol. The van der Waals surface area contributed by atoms with Crippen LogP contribution in [-0.2, 0) is 39.6 Å². The van der Waals surface area contributed by atoms with Crippen molar-refractivity contribution in [3.05, 3.63) is 61.4 Å². The van der Waals surface area contributed by atoms with Gasteiger partial charge in [-0.05, 0) is 48.6 Å². The van der Waals surface area contributed by atoms with Crippen LogP contribution >= 0.6 is 11.6 Å². The van der Waals surface area contributed by atoms with Crippen molar-refractivity contribution in [2.24, 2.45) is 17.3 Å². The maximum atomic E-state index is 15.6. The molecule has 6 rings (SSSR count). The molecular formula is C31H32ClF2N3O5. The van der Waals surface area contributed by atoms with Crippen LogP contribution in [0.15, 0.2) is 16.9 Å². The van der Waals surface area contributed by atoms with Gasteiger partial charge in [0.2, 0.25) is 5.91 Å². The summed E-state index contributed by atoms with van der Waals surface area (Å²) in [6.07, 6.45) is 2.62. The average Bonchev–Trinajstić information content (AvgIpc) is 3.71. The summed E-state index contributed by atoms with van der Waals surface area (Å²) in [5.41, 5.74) is -0.952. The van der Waals surface area contributed by atoms with Crippen LogP contribution < -0.4 is 10.9 Å². The number of rotatable bonds is 6. The number of fused-ring (bicyclic) bond motifs is 5. The normalized spacial score (nSPS) is 20.1. The molecule has 1 fully saturated rings. The van der Waals surface area contributed by atoms with Crippen LogP contribution in [0.3, 0.4) is 0 Å². The van der Waals surface area contributed by atoms with Crippen LogP contribution in [0.1, 0.15) is 75.6 Å². The lowest BCUT2D eigenvalue weighted by Crippen LogP contribution is -2.44. The Hall–Kier alpha value is -3.37. The highest BCUT2D eigenvalue weighted by molar-refractivity contribution is 6.31. The lowest BCUT2D eigenvalue weighted by Gasteiger charge is -2.31. The van der Waals surface area contributed by atoms with Gasteiger partial charge >= 0.3 is 5.97 Å². The maximum absolute atomic E-state index is 15.6. The first-order chi connectivity index (χ1) is 19.7. The molecule has 222 valence electrons. The number of nitrogens with zero attached hydrogens (tertiary/aromatic N) is 2. The van der Waals surface area contributed by atoms with Crippen LogP contribution in [0.5, 0.6) is 0 Å². The zero-order valence-corrected chi connectivity index (χ0v) is 24.6. The van der Waals surface area contributed by atoms with E-state index in [1.54, 1.807) is 6.92 Å². The third-order valence-electron chi connectivity index (χ3n) is 8.73. The summed E-state index contributed by atoms with van der Waals surface area (Å²) in [6.45, 7) is 7.45. The fourth-order valence-electron chi connectivity index (χ4n) is 6.37. The number of carbonyl (C=O) groups is 2. The number of aromatic nitrogens is 2. The molecule has 0 unspecified atom stereocenters. The lowest BCUT2D eigenvalue weighted by atomic mass is 9.82. The number of ether oxygens (including phenoxy) is 1. The minimum Gasteiger partial charge on any atom is -0.458 e. The Kier molecular flexibility index (Phi) is 6.73. The van der Waals surface area contributed by atoms with Crippen molar-refractivity contribution in [3.8, 4) is 11.4 Å². The van der Waals surface area contributed by atoms with Gasteiger partial charge in [-0.15, -0.1) is 0 Å². The van der Waals surface area contributed by atoms with Crippen molar-refractivity contribution in [3.63, 3.8) is 0 Å². The number of hydrogen-bond acceptors (Lipinski definition) is 6. The Balaban J connectivity index is 1.50. The van der Waals surface area contributed by atoms with Gasteiger partial charge in [0.25, 0.3) is 5.56 Å². The Morgan fingerprint density at radius 3 is 2.62 bits per heavy atom. The van der Waals surface area contributed by atoms with Gasteiger partial charge in [0, 0.05) is 35.0 Å². The number of esters is 1. The van der Waals surface area contributed by atoms with Gasteiger partial charge < -0.3 is 19.7 Å². The zero-order chi connectivity index (χ0) is 30.3. The second-order valence-corrected chi connectivity index (χ2v) is 13.2. The molecule has 4 heterocycles. The van der Waals surface area contributed by atoms with E-state index in [1.807, 2.05) is 0 Å². The smallest absolute Gasteiger partial charge is 0.343 e. The molecule has 2 N–H and O–H groups in total. The number of benzene rings is 1. The highest BCUT2D eigenvalue weighted by Crippen LogP contribution is 2.44. The maximum Gasteiger partial charge on any atom is 0.343 e. The summed E-state index contributed by atoms with van der Waals surface area (Å²) in [7, 11) is 0. The van der Waals surface area contributed by atoms with Crippen molar-refractivity contribution in [2.75, 3.05) is 0 Å². The summed E-state index contributed by atoms with van der Waals surface area (Å²) in [5, 5.41) is 13.4. The number of hydrogen-bond donors (Lipinski definition) is 2. The molecule has 2 aliphatic heterocycles. The van der Waals surface area contributed by atoms with Gasteiger partial charge in [0.05, 0.1) is 29.0 Å². The zero-order valence-electron chi connectivity index (χ0n) is 23.9. The van der Waals surface area contributed by atoms with E-state index in [-0.39, 0.29) is 71.1 Å². The van der Waals surface area contributed by atoms with E-state index < -0.39 is 33.8 Å². The van der Waals surface area contributed by atoms with Crippen LogP contribution in [0.25, 0.3) is 22.3 Å². The van der Waals surface area contributed by atoms with Gasteiger partial charge in [-0.3, -0.25) is 9.59 Å². The number of amides is 1. The third-order valence-corrected chi connectivity index (χ3v) is 9.07. The standard InChI is InChI=1S/C31H32ClF2N3O5/c1-5-31(41)19-8-22-26-17(12-37(22)28(39)18(19)13-42-29(31)40)16(23-21(36-26)9-20(33)24(32)25(23)34)11-35-27(38)15(14-6-7-14)10-30(2,3)4/h8-9,14-15,41H,5-7,10-13H2,1-4H3,(H,35,38)/t15-,31-/m0/s1. The van der Waals surface area contributed by atoms with Gasteiger partial charge in [0.15, 0.2) is 11.4 Å². The van der Waals surface area contributed by atoms with Crippen molar-refractivity contribution < 1.29 is 28.2 Å². The fourth-order valence-corrected chi connectivity index (χ4v) is 6.52. The van der Waals surface area contributed by atoms with Gasteiger partial charge in [0.1, 0.15) is 17.4 Å². The summed E-state index contributed by atoms with van der Waals surface area (Å²) in [4.78, 5) is 44.2. The Bertz CT molecular complexity index is 1740. The molecule has 2 atom stereocenters. The Morgan fingerprint density at radius 2 is 1.98 bits per heavy atom. The van der Waals surface area contributed by atoms with Crippen LogP contribution in [0, 0.1) is 28.9 Å². The average molecular weight is 600 g/mol. The fraction of sp³-hybridized carbons (Fsp3) is 0.484.